The Bertz CT molecular complexity index is 947. The van der Waals surface area contributed by atoms with Crippen LogP contribution in [0.5, 0.6) is 0 Å². The second-order valence-corrected chi connectivity index (χ2v) is 8.00. The molecular formula is C25H30N2O6. The average molecular weight is 455 g/mol. The Morgan fingerprint density at radius 2 is 1.58 bits per heavy atom. The molecule has 0 aliphatic heterocycles. The molecule has 0 fully saturated rings. The van der Waals surface area contributed by atoms with Gasteiger partial charge in [-0.3, -0.25) is 4.79 Å². The van der Waals surface area contributed by atoms with Crippen LogP contribution in [0.4, 0.5) is 4.79 Å². The summed E-state index contributed by atoms with van der Waals surface area (Å²) >= 11 is 0. The van der Waals surface area contributed by atoms with Gasteiger partial charge in [0.25, 0.3) is 0 Å². The fourth-order valence-electron chi connectivity index (χ4n) is 4.14. The zero-order valence-corrected chi connectivity index (χ0v) is 18.9. The van der Waals surface area contributed by atoms with E-state index < -0.39 is 24.1 Å². The van der Waals surface area contributed by atoms with Crippen molar-refractivity contribution in [3.8, 4) is 11.1 Å². The van der Waals surface area contributed by atoms with E-state index in [-0.39, 0.29) is 31.5 Å². The van der Waals surface area contributed by atoms with Crippen LogP contribution in [0.1, 0.15) is 36.8 Å². The maximum atomic E-state index is 12.5. The minimum absolute atomic E-state index is 0.0418. The summed E-state index contributed by atoms with van der Waals surface area (Å²) in [4.78, 5) is 35.9. The van der Waals surface area contributed by atoms with Gasteiger partial charge in [0.05, 0.1) is 12.5 Å². The van der Waals surface area contributed by atoms with Gasteiger partial charge in [-0.1, -0.05) is 61.9 Å². The number of amides is 2. The number of methoxy groups -OCH3 is 1. The predicted octanol–water partition coefficient (Wildman–Crippen LogP) is 3.16. The summed E-state index contributed by atoms with van der Waals surface area (Å²) in [5.41, 5.74) is 4.55. The Kier molecular flexibility index (Phi) is 8.43. The van der Waals surface area contributed by atoms with Crippen LogP contribution in [0.25, 0.3) is 11.1 Å². The number of ether oxygens (including phenoxy) is 2. The van der Waals surface area contributed by atoms with E-state index in [1.807, 2.05) is 43.3 Å². The summed E-state index contributed by atoms with van der Waals surface area (Å²) in [6.07, 6.45) is -0.436. The largest absolute Gasteiger partial charge is 0.479 e. The van der Waals surface area contributed by atoms with E-state index in [1.165, 1.54) is 7.11 Å². The molecule has 1 aliphatic carbocycles. The monoisotopic (exact) mass is 454 g/mol. The van der Waals surface area contributed by atoms with E-state index in [0.717, 1.165) is 28.7 Å². The van der Waals surface area contributed by atoms with E-state index in [0.29, 0.717) is 6.42 Å². The normalized spacial score (nSPS) is 14.0. The zero-order chi connectivity index (χ0) is 23.8. The third kappa shape index (κ3) is 5.90. The molecule has 3 rings (SSSR count). The quantitative estimate of drug-likeness (QED) is 0.481. The molecule has 1 aliphatic rings. The second kappa shape index (κ2) is 11.5. The van der Waals surface area contributed by atoms with E-state index in [1.54, 1.807) is 0 Å². The maximum Gasteiger partial charge on any atom is 0.407 e. The van der Waals surface area contributed by atoms with E-state index >= 15 is 0 Å². The maximum absolute atomic E-state index is 12.5. The lowest BCUT2D eigenvalue weighted by Gasteiger charge is -2.19. The van der Waals surface area contributed by atoms with Crippen molar-refractivity contribution < 1.29 is 29.0 Å². The topological polar surface area (TPSA) is 114 Å². The van der Waals surface area contributed by atoms with E-state index in [9.17, 15) is 14.4 Å². The summed E-state index contributed by atoms with van der Waals surface area (Å²) in [5.74, 6) is -2.03. The van der Waals surface area contributed by atoms with Gasteiger partial charge in [-0.15, -0.1) is 0 Å². The molecule has 0 radical (unpaired) electrons. The minimum Gasteiger partial charge on any atom is -0.479 e. The van der Waals surface area contributed by atoms with Crippen molar-refractivity contribution in [1.29, 1.82) is 0 Å². The molecule has 0 spiro atoms. The molecular weight excluding hydrogens is 424 g/mol. The highest BCUT2D eigenvalue weighted by Crippen LogP contribution is 2.44. The number of rotatable bonds is 11. The number of carboxylic acids is 1. The Morgan fingerprint density at radius 1 is 0.970 bits per heavy atom. The van der Waals surface area contributed by atoms with Crippen molar-refractivity contribution in [3.63, 3.8) is 0 Å². The molecule has 2 amide bonds. The van der Waals surface area contributed by atoms with Crippen LogP contribution >= 0.6 is 0 Å². The fourth-order valence-corrected chi connectivity index (χ4v) is 4.14. The van der Waals surface area contributed by atoms with Crippen molar-refractivity contribution >= 4 is 18.0 Å². The third-order valence-corrected chi connectivity index (χ3v) is 5.87. The molecule has 2 atom stereocenters. The molecule has 0 bridgehead atoms. The zero-order valence-electron chi connectivity index (χ0n) is 18.9. The molecule has 33 heavy (non-hydrogen) atoms. The van der Waals surface area contributed by atoms with Crippen LogP contribution in [-0.2, 0) is 19.1 Å². The Balaban J connectivity index is 1.54. The molecule has 2 aromatic carbocycles. The van der Waals surface area contributed by atoms with Crippen molar-refractivity contribution in [2.24, 2.45) is 5.92 Å². The highest BCUT2D eigenvalue weighted by Gasteiger charge is 2.29. The van der Waals surface area contributed by atoms with Gasteiger partial charge >= 0.3 is 12.1 Å². The Hall–Kier alpha value is -3.39. The van der Waals surface area contributed by atoms with Crippen molar-refractivity contribution in [3.05, 3.63) is 59.7 Å². The van der Waals surface area contributed by atoms with E-state index in [2.05, 4.69) is 22.8 Å². The molecule has 2 aromatic rings. The molecule has 176 valence electrons. The SMILES string of the molecule is CCCC(CNC(=O)OCC1c2ccccc2-c2ccccc21)C(=O)NCC(OC)C(=O)O. The molecule has 8 nitrogen and oxygen atoms in total. The van der Waals surface area contributed by atoms with Gasteiger partial charge in [0, 0.05) is 19.6 Å². The molecule has 0 saturated carbocycles. The average Bonchev–Trinajstić information content (AvgIpc) is 3.14. The Labute approximate surface area is 193 Å². The number of hydrogen-bond acceptors (Lipinski definition) is 5. The number of carbonyl (C=O) groups excluding carboxylic acids is 2. The first-order valence-corrected chi connectivity index (χ1v) is 11.1. The Morgan fingerprint density at radius 3 is 2.12 bits per heavy atom. The molecule has 2 unspecified atom stereocenters. The molecule has 0 saturated heterocycles. The summed E-state index contributed by atoms with van der Waals surface area (Å²) in [6, 6.07) is 16.2. The van der Waals surface area contributed by atoms with Crippen LogP contribution < -0.4 is 10.6 Å². The lowest BCUT2D eigenvalue weighted by atomic mass is 9.98. The number of nitrogens with one attached hydrogen (secondary N) is 2. The number of carbonyl (C=O) groups is 3. The highest BCUT2D eigenvalue weighted by molar-refractivity contribution is 5.81. The van der Waals surface area contributed by atoms with Crippen LogP contribution in [0, 0.1) is 5.92 Å². The lowest BCUT2D eigenvalue weighted by Crippen LogP contribution is -2.43. The fraction of sp³-hybridized carbons (Fsp3) is 0.400. The van der Waals surface area contributed by atoms with E-state index in [4.69, 9.17) is 14.6 Å². The van der Waals surface area contributed by atoms with Crippen molar-refractivity contribution in [2.75, 3.05) is 26.8 Å². The summed E-state index contributed by atoms with van der Waals surface area (Å²) in [7, 11) is 1.27. The van der Waals surface area contributed by atoms with Crippen LogP contribution in [0.15, 0.2) is 48.5 Å². The van der Waals surface area contributed by atoms with Gasteiger partial charge in [-0.25, -0.2) is 9.59 Å². The minimum atomic E-state index is -1.15. The molecule has 0 aromatic heterocycles. The first-order chi connectivity index (χ1) is 16.0. The number of alkyl carbamates (subject to hydrolysis) is 1. The number of aliphatic carboxylic acids is 1. The first kappa shape index (κ1) is 24.3. The number of carboxylic acid groups (broad SMARTS) is 1. The van der Waals surface area contributed by atoms with Crippen LogP contribution in [0.2, 0.25) is 0 Å². The molecule has 3 N–H and O–H groups in total. The predicted molar refractivity (Wildman–Crippen MR) is 123 cm³/mol. The van der Waals surface area contributed by atoms with Crippen molar-refractivity contribution in [1.82, 2.24) is 10.6 Å². The van der Waals surface area contributed by atoms with Crippen molar-refractivity contribution in [2.45, 2.75) is 31.8 Å². The summed E-state index contributed by atoms with van der Waals surface area (Å²) in [5, 5.41) is 14.3. The first-order valence-electron chi connectivity index (χ1n) is 11.1. The second-order valence-electron chi connectivity index (χ2n) is 8.00. The van der Waals surface area contributed by atoms with Gasteiger partial charge in [0.15, 0.2) is 6.10 Å². The van der Waals surface area contributed by atoms with Gasteiger partial charge in [0.2, 0.25) is 5.91 Å². The molecule has 0 heterocycles. The van der Waals surface area contributed by atoms with Crippen LogP contribution in [-0.4, -0.2) is 56.0 Å². The summed E-state index contributed by atoms with van der Waals surface area (Å²) < 4.78 is 10.3. The third-order valence-electron chi connectivity index (χ3n) is 5.87. The van der Waals surface area contributed by atoms with Gasteiger partial charge < -0.3 is 25.2 Å². The number of fused-ring (bicyclic) bond motifs is 3. The molecule has 8 heteroatoms. The lowest BCUT2D eigenvalue weighted by molar-refractivity contribution is -0.148. The number of hydrogen-bond donors (Lipinski definition) is 3. The van der Waals surface area contributed by atoms with Gasteiger partial charge in [-0.2, -0.15) is 0 Å². The van der Waals surface area contributed by atoms with Gasteiger partial charge in [-0.05, 0) is 28.7 Å². The smallest absolute Gasteiger partial charge is 0.407 e. The highest BCUT2D eigenvalue weighted by atomic mass is 16.5. The van der Waals surface area contributed by atoms with Gasteiger partial charge in [0.1, 0.15) is 6.61 Å². The number of benzene rings is 2. The van der Waals surface area contributed by atoms with Crippen LogP contribution in [0.3, 0.4) is 0 Å². The standard InChI is InChI=1S/C25H30N2O6/c1-3-8-16(23(28)26-14-22(32-2)24(29)30)13-27-25(31)33-15-21-19-11-6-4-9-17(19)18-10-5-7-12-20(18)21/h4-7,9-12,16,21-22H,3,8,13-15H2,1-2H3,(H,26,28)(H,27,31)(H,29,30). The summed E-state index contributed by atoms with van der Waals surface area (Å²) in [6.45, 7) is 2.08.